The van der Waals surface area contributed by atoms with Gasteiger partial charge in [0.25, 0.3) is 5.69 Å². The molecule has 6 nitrogen and oxygen atoms in total. The third-order valence-corrected chi connectivity index (χ3v) is 4.33. The summed E-state index contributed by atoms with van der Waals surface area (Å²) in [6.45, 7) is 0. The molecule has 0 amide bonds. The highest BCUT2D eigenvalue weighted by Gasteiger charge is 2.29. The van der Waals surface area contributed by atoms with E-state index in [-0.39, 0.29) is 23.7 Å². The number of aromatic nitrogens is 1. The minimum absolute atomic E-state index is 0.0885. The van der Waals surface area contributed by atoms with Crippen molar-refractivity contribution in [2.45, 2.75) is 12.8 Å². The van der Waals surface area contributed by atoms with Gasteiger partial charge >= 0.3 is 0 Å². The number of fused-ring (bicyclic) bond motifs is 2. The Labute approximate surface area is 142 Å². The molecule has 0 N–H and O–H groups in total. The highest BCUT2D eigenvalue weighted by Crippen LogP contribution is 2.37. The lowest BCUT2D eigenvalue weighted by atomic mass is 9.84. The van der Waals surface area contributed by atoms with E-state index in [4.69, 9.17) is 0 Å². The molecular formula is C19H12N2O4. The summed E-state index contributed by atoms with van der Waals surface area (Å²) in [5.41, 5.74) is 2.68. The molecular weight excluding hydrogens is 320 g/mol. The van der Waals surface area contributed by atoms with Gasteiger partial charge in [-0.3, -0.25) is 24.7 Å². The number of rotatable bonds is 2. The molecule has 122 valence electrons. The van der Waals surface area contributed by atoms with Crippen molar-refractivity contribution in [2.24, 2.45) is 0 Å². The first-order valence-electron chi connectivity index (χ1n) is 7.78. The second-order valence-corrected chi connectivity index (χ2v) is 5.88. The molecule has 0 fully saturated rings. The number of Topliss-reactive ketones (excluding diaryl/α,β-unsaturated/α-hetero) is 1. The second kappa shape index (κ2) is 5.59. The summed E-state index contributed by atoms with van der Waals surface area (Å²) in [5, 5.41) is 11.1. The minimum atomic E-state index is -0.493. The van der Waals surface area contributed by atoms with Gasteiger partial charge in [0.15, 0.2) is 11.6 Å². The SMILES string of the molecule is O=C1CC=Cc2nc3c(c(-c4cccc([N+](=O)[O-])c4)c21)C(=O)C=CC3. The zero-order chi connectivity index (χ0) is 17.6. The monoisotopic (exact) mass is 332 g/mol. The highest BCUT2D eigenvalue weighted by molar-refractivity contribution is 6.17. The summed E-state index contributed by atoms with van der Waals surface area (Å²) in [6.07, 6.45) is 7.40. The quantitative estimate of drug-likeness (QED) is 0.619. The van der Waals surface area contributed by atoms with Crippen LogP contribution in [0.1, 0.15) is 38.5 Å². The van der Waals surface area contributed by atoms with Crippen molar-refractivity contribution in [3.05, 3.63) is 75.1 Å². The Hall–Kier alpha value is -3.41. The summed E-state index contributed by atoms with van der Waals surface area (Å²) < 4.78 is 0. The van der Waals surface area contributed by atoms with E-state index in [1.54, 1.807) is 30.4 Å². The molecule has 25 heavy (non-hydrogen) atoms. The van der Waals surface area contributed by atoms with Crippen LogP contribution < -0.4 is 0 Å². The normalized spacial score (nSPS) is 15.0. The largest absolute Gasteiger partial charge is 0.294 e. The van der Waals surface area contributed by atoms with Gasteiger partial charge in [0.2, 0.25) is 0 Å². The van der Waals surface area contributed by atoms with E-state index in [9.17, 15) is 19.7 Å². The number of non-ortho nitro benzene ring substituents is 1. The highest BCUT2D eigenvalue weighted by atomic mass is 16.6. The predicted octanol–water partition coefficient (Wildman–Crippen LogP) is 3.55. The standard InChI is InChI=1S/C19H12N2O4/c22-15-8-2-6-13-18(15)17(11-4-1-5-12(10-11)21(24)25)19-14(20-13)7-3-9-16(19)23/h1-6,9-10H,7-8H2. The molecule has 0 saturated carbocycles. The van der Waals surface area contributed by atoms with Gasteiger partial charge in [-0.25, -0.2) is 0 Å². The Kier molecular flexibility index (Phi) is 3.39. The van der Waals surface area contributed by atoms with Crippen molar-refractivity contribution in [3.63, 3.8) is 0 Å². The minimum Gasteiger partial charge on any atom is -0.294 e. The molecule has 1 aromatic heterocycles. The van der Waals surface area contributed by atoms with Crippen molar-refractivity contribution in [2.75, 3.05) is 0 Å². The fourth-order valence-corrected chi connectivity index (χ4v) is 3.27. The lowest BCUT2D eigenvalue weighted by Crippen LogP contribution is -2.18. The Morgan fingerprint density at radius 3 is 2.60 bits per heavy atom. The second-order valence-electron chi connectivity index (χ2n) is 5.88. The van der Waals surface area contributed by atoms with Gasteiger partial charge in [-0.1, -0.05) is 24.3 Å². The van der Waals surface area contributed by atoms with Crippen molar-refractivity contribution >= 4 is 23.3 Å². The van der Waals surface area contributed by atoms with E-state index >= 15 is 0 Å². The van der Waals surface area contributed by atoms with Crippen LogP contribution in [0.25, 0.3) is 17.2 Å². The first-order chi connectivity index (χ1) is 12.1. The van der Waals surface area contributed by atoms with E-state index < -0.39 is 4.92 Å². The fraction of sp³-hybridized carbons (Fsp3) is 0.105. The van der Waals surface area contributed by atoms with Gasteiger partial charge in [0, 0.05) is 30.5 Å². The van der Waals surface area contributed by atoms with E-state index in [0.717, 1.165) is 0 Å². The summed E-state index contributed by atoms with van der Waals surface area (Å²) in [7, 11) is 0. The average molecular weight is 332 g/mol. The fourth-order valence-electron chi connectivity index (χ4n) is 3.27. The number of hydrogen-bond donors (Lipinski definition) is 0. The van der Waals surface area contributed by atoms with Crippen molar-refractivity contribution < 1.29 is 14.5 Å². The van der Waals surface area contributed by atoms with Gasteiger partial charge in [-0.2, -0.15) is 0 Å². The molecule has 4 rings (SSSR count). The maximum Gasteiger partial charge on any atom is 0.270 e. The molecule has 0 radical (unpaired) electrons. The topological polar surface area (TPSA) is 90.2 Å². The molecule has 2 aliphatic carbocycles. The predicted molar refractivity (Wildman–Crippen MR) is 91.5 cm³/mol. The summed E-state index contributed by atoms with van der Waals surface area (Å²) in [6, 6.07) is 6.01. The van der Waals surface area contributed by atoms with Crippen LogP contribution in [0.2, 0.25) is 0 Å². The van der Waals surface area contributed by atoms with Crippen LogP contribution in [0.3, 0.4) is 0 Å². The van der Waals surface area contributed by atoms with Gasteiger partial charge in [-0.05, 0) is 17.7 Å². The third kappa shape index (κ3) is 2.39. The number of nitro benzene ring substituents is 1. The molecule has 0 spiro atoms. The zero-order valence-corrected chi connectivity index (χ0v) is 13.1. The van der Waals surface area contributed by atoms with Crippen molar-refractivity contribution in [3.8, 4) is 11.1 Å². The zero-order valence-electron chi connectivity index (χ0n) is 13.1. The van der Waals surface area contributed by atoms with Crippen LogP contribution in [-0.4, -0.2) is 21.5 Å². The molecule has 2 aromatic rings. The maximum absolute atomic E-state index is 12.5. The smallest absolute Gasteiger partial charge is 0.270 e. The van der Waals surface area contributed by atoms with Crippen molar-refractivity contribution in [1.29, 1.82) is 0 Å². The van der Waals surface area contributed by atoms with Gasteiger partial charge < -0.3 is 0 Å². The molecule has 1 aromatic carbocycles. The lowest BCUT2D eigenvalue weighted by molar-refractivity contribution is -0.384. The molecule has 0 saturated heterocycles. The summed E-state index contributed by atoms with van der Waals surface area (Å²) in [5.74, 6) is -0.378. The van der Waals surface area contributed by atoms with E-state index in [0.29, 0.717) is 40.1 Å². The summed E-state index contributed by atoms with van der Waals surface area (Å²) in [4.78, 5) is 40.2. The molecule has 1 heterocycles. The van der Waals surface area contributed by atoms with Crippen LogP contribution in [0.4, 0.5) is 5.69 Å². The van der Waals surface area contributed by atoms with Crippen molar-refractivity contribution in [1.82, 2.24) is 4.98 Å². The molecule has 0 bridgehead atoms. The van der Waals surface area contributed by atoms with E-state index in [1.807, 2.05) is 0 Å². The number of pyridine rings is 1. The number of allylic oxidation sites excluding steroid dienone is 3. The Morgan fingerprint density at radius 2 is 1.80 bits per heavy atom. The van der Waals surface area contributed by atoms with Crippen LogP contribution in [0, 0.1) is 10.1 Å². The number of nitrogens with zero attached hydrogens (tertiary/aromatic N) is 2. The molecule has 0 unspecified atom stereocenters. The van der Waals surface area contributed by atoms with Crippen LogP contribution in [0.5, 0.6) is 0 Å². The van der Waals surface area contributed by atoms with Gasteiger partial charge in [0.05, 0.1) is 27.4 Å². The molecule has 0 atom stereocenters. The van der Waals surface area contributed by atoms with E-state index in [2.05, 4.69) is 4.98 Å². The maximum atomic E-state index is 12.5. The van der Waals surface area contributed by atoms with E-state index in [1.165, 1.54) is 18.2 Å². The average Bonchev–Trinajstić information content (AvgIpc) is 2.60. The number of carbonyl (C=O) groups is 2. The first-order valence-corrected chi connectivity index (χ1v) is 7.78. The molecule has 6 heteroatoms. The van der Waals surface area contributed by atoms with Crippen LogP contribution in [-0.2, 0) is 6.42 Å². The van der Waals surface area contributed by atoms with Gasteiger partial charge in [0.1, 0.15) is 0 Å². The molecule has 2 aliphatic rings. The Bertz CT molecular complexity index is 1020. The Morgan fingerprint density at radius 1 is 1.00 bits per heavy atom. The first kappa shape index (κ1) is 15.1. The summed E-state index contributed by atoms with van der Waals surface area (Å²) >= 11 is 0. The Balaban J connectivity index is 2.09. The van der Waals surface area contributed by atoms with Crippen LogP contribution in [0.15, 0.2) is 42.5 Å². The number of nitro groups is 1. The number of ketones is 2. The lowest BCUT2D eigenvalue weighted by Gasteiger charge is -2.21. The number of benzene rings is 1. The molecule has 0 aliphatic heterocycles. The van der Waals surface area contributed by atoms with Gasteiger partial charge in [-0.15, -0.1) is 0 Å². The van der Waals surface area contributed by atoms with Crippen LogP contribution >= 0.6 is 0 Å². The third-order valence-electron chi connectivity index (χ3n) is 4.33. The number of hydrogen-bond acceptors (Lipinski definition) is 5. The number of carbonyl (C=O) groups excluding carboxylic acids is 2.